The predicted molar refractivity (Wildman–Crippen MR) is 40.3 cm³/mol. The highest BCUT2D eigenvalue weighted by atomic mass is 79.9. The Morgan fingerprint density at radius 1 is 1.73 bits per heavy atom. The fourth-order valence-electron chi connectivity index (χ4n) is 0.426. The molecule has 2 nitrogen and oxygen atoms in total. The first kappa shape index (κ1) is 10.4. The molecule has 0 radical (unpaired) electrons. The van der Waals surface area contributed by atoms with Gasteiger partial charge in [-0.2, -0.15) is 0 Å². The van der Waals surface area contributed by atoms with Crippen molar-refractivity contribution < 1.29 is 13.6 Å². The topological polar surface area (TPSA) is 20.3 Å². The minimum absolute atomic E-state index is 0.583. The number of rotatable bonds is 2. The molecule has 62 valence electrons. The van der Waals surface area contributed by atoms with Crippen molar-refractivity contribution in [2.45, 2.75) is 6.43 Å². The van der Waals surface area contributed by atoms with E-state index in [0.29, 0.717) is 0 Å². The second-order valence-corrected chi connectivity index (χ2v) is 2.19. The fourth-order valence-corrected chi connectivity index (χ4v) is 0.595. The second kappa shape index (κ2) is 5.08. The third-order valence-corrected chi connectivity index (χ3v) is 1.11. The SMILES string of the molecule is CN(CC(F)F)C(=O)C#CBr. The number of carbonyl (C=O) groups is 1. The maximum atomic E-state index is 11.6. The Morgan fingerprint density at radius 2 is 2.27 bits per heavy atom. The summed E-state index contributed by atoms with van der Waals surface area (Å²) < 4.78 is 23.3. The molecule has 0 aromatic heterocycles. The molecule has 0 atom stereocenters. The van der Waals surface area contributed by atoms with Crippen molar-refractivity contribution in [1.29, 1.82) is 0 Å². The third-order valence-electron chi connectivity index (χ3n) is 0.913. The van der Waals surface area contributed by atoms with Gasteiger partial charge in [-0.25, -0.2) is 8.78 Å². The van der Waals surface area contributed by atoms with Gasteiger partial charge in [0.2, 0.25) is 0 Å². The van der Waals surface area contributed by atoms with Crippen LogP contribution in [0.15, 0.2) is 0 Å². The van der Waals surface area contributed by atoms with Gasteiger partial charge in [0.05, 0.1) is 6.54 Å². The fraction of sp³-hybridized carbons (Fsp3) is 0.500. The van der Waals surface area contributed by atoms with Crippen molar-refractivity contribution in [3.8, 4) is 10.8 Å². The summed E-state index contributed by atoms with van der Waals surface area (Å²) in [4.78, 5) is 13.7. The highest BCUT2D eigenvalue weighted by Gasteiger charge is 2.10. The minimum Gasteiger partial charge on any atom is -0.329 e. The van der Waals surface area contributed by atoms with Crippen LogP contribution in [0.4, 0.5) is 8.78 Å². The Hall–Kier alpha value is -0.630. The van der Waals surface area contributed by atoms with Crippen molar-refractivity contribution in [2.75, 3.05) is 13.6 Å². The summed E-state index contributed by atoms with van der Waals surface area (Å²) in [5.41, 5.74) is 0. The Bertz CT molecular complexity index is 196. The first-order valence-electron chi connectivity index (χ1n) is 2.72. The zero-order chi connectivity index (χ0) is 8.85. The number of halogens is 3. The molecular weight excluding hydrogens is 220 g/mol. The molecule has 0 aliphatic carbocycles. The van der Waals surface area contributed by atoms with Crippen LogP contribution in [0.3, 0.4) is 0 Å². The van der Waals surface area contributed by atoms with E-state index in [2.05, 4.69) is 26.7 Å². The van der Waals surface area contributed by atoms with Crippen molar-refractivity contribution in [1.82, 2.24) is 4.90 Å². The number of carbonyl (C=O) groups excluding carboxylic acids is 1. The van der Waals surface area contributed by atoms with E-state index in [4.69, 9.17) is 0 Å². The summed E-state index contributed by atoms with van der Waals surface area (Å²) in [7, 11) is 1.27. The van der Waals surface area contributed by atoms with Crippen molar-refractivity contribution in [3.05, 3.63) is 0 Å². The van der Waals surface area contributed by atoms with Crippen LogP contribution in [-0.4, -0.2) is 30.8 Å². The molecule has 0 aromatic carbocycles. The monoisotopic (exact) mass is 225 g/mol. The highest BCUT2D eigenvalue weighted by molar-refractivity contribution is 9.12. The first-order chi connectivity index (χ1) is 5.07. The summed E-state index contributed by atoms with van der Waals surface area (Å²) >= 11 is 2.69. The molecule has 0 aromatic rings. The molecular formula is C6H6BrF2NO. The summed E-state index contributed by atoms with van der Waals surface area (Å²) in [6.07, 6.45) is -2.51. The molecule has 0 spiro atoms. The zero-order valence-electron chi connectivity index (χ0n) is 5.77. The van der Waals surface area contributed by atoms with Crippen LogP contribution in [0.1, 0.15) is 0 Å². The smallest absolute Gasteiger partial charge is 0.299 e. The molecule has 1 amide bonds. The van der Waals surface area contributed by atoms with E-state index in [1.54, 1.807) is 0 Å². The quantitative estimate of drug-likeness (QED) is 0.645. The summed E-state index contributed by atoms with van der Waals surface area (Å²) in [6.45, 7) is -0.583. The molecule has 0 rings (SSSR count). The van der Waals surface area contributed by atoms with Crippen LogP contribution in [0, 0.1) is 10.8 Å². The van der Waals surface area contributed by atoms with Crippen LogP contribution in [0.2, 0.25) is 0 Å². The van der Waals surface area contributed by atoms with Gasteiger partial charge in [0.1, 0.15) is 0 Å². The highest BCUT2D eigenvalue weighted by Crippen LogP contribution is 1.95. The van der Waals surface area contributed by atoms with E-state index in [-0.39, 0.29) is 0 Å². The predicted octanol–water partition coefficient (Wildman–Crippen LogP) is 1.07. The molecule has 0 saturated carbocycles. The molecule has 0 N–H and O–H groups in total. The molecule has 11 heavy (non-hydrogen) atoms. The zero-order valence-corrected chi connectivity index (χ0v) is 7.36. The van der Waals surface area contributed by atoms with Gasteiger partial charge in [0, 0.05) is 28.9 Å². The lowest BCUT2D eigenvalue weighted by Crippen LogP contribution is -2.29. The van der Waals surface area contributed by atoms with E-state index in [0.717, 1.165) is 4.90 Å². The number of nitrogens with zero attached hydrogens (tertiary/aromatic N) is 1. The molecule has 0 aliphatic rings. The average molecular weight is 226 g/mol. The van der Waals surface area contributed by atoms with E-state index < -0.39 is 18.9 Å². The van der Waals surface area contributed by atoms with Gasteiger partial charge in [-0.1, -0.05) is 0 Å². The summed E-state index contributed by atoms with van der Waals surface area (Å²) in [5, 5.41) is 0. The lowest BCUT2D eigenvalue weighted by atomic mass is 10.5. The van der Waals surface area contributed by atoms with E-state index >= 15 is 0 Å². The summed E-state index contributed by atoms with van der Waals surface area (Å²) in [6, 6.07) is 0. The Labute approximate surface area is 71.7 Å². The van der Waals surface area contributed by atoms with Gasteiger partial charge < -0.3 is 4.90 Å². The van der Waals surface area contributed by atoms with Crippen LogP contribution < -0.4 is 0 Å². The Kier molecular flexibility index (Phi) is 4.79. The lowest BCUT2D eigenvalue weighted by molar-refractivity contribution is -0.125. The van der Waals surface area contributed by atoms with Crippen LogP contribution in [0.25, 0.3) is 0 Å². The molecule has 0 aliphatic heterocycles. The number of alkyl halides is 2. The Balaban J connectivity index is 3.89. The van der Waals surface area contributed by atoms with Crippen molar-refractivity contribution in [3.63, 3.8) is 0 Å². The molecule has 0 bridgehead atoms. The van der Waals surface area contributed by atoms with E-state index in [1.807, 2.05) is 0 Å². The van der Waals surface area contributed by atoms with E-state index in [9.17, 15) is 13.6 Å². The summed E-state index contributed by atoms with van der Waals surface area (Å²) in [5.74, 6) is 1.45. The molecule has 0 heterocycles. The number of hydrogen-bond acceptors (Lipinski definition) is 1. The maximum Gasteiger partial charge on any atom is 0.299 e. The molecule has 5 heteroatoms. The van der Waals surface area contributed by atoms with Gasteiger partial charge in [-0.15, -0.1) is 0 Å². The minimum atomic E-state index is -2.51. The van der Waals surface area contributed by atoms with Crippen molar-refractivity contribution >= 4 is 21.8 Å². The molecule has 0 unspecified atom stereocenters. The molecule has 0 fully saturated rings. The van der Waals surface area contributed by atoms with Crippen molar-refractivity contribution in [2.24, 2.45) is 0 Å². The lowest BCUT2D eigenvalue weighted by Gasteiger charge is -2.11. The van der Waals surface area contributed by atoms with Crippen LogP contribution in [-0.2, 0) is 4.79 Å². The first-order valence-corrected chi connectivity index (χ1v) is 3.52. The second-order valence-electron chi connectivity index (χ2n) is 1.80. The standard InChI is InChI=1S/C6H6BrF2NO/c1-10(4-5(8)9)6(11)2-3-7/h5H,4H2,1H3. The van der Waals surface area contributed by atoms with Gasteiger partial charge in [-0.05, 0) is 4.83 Å². The Morgan fingerprint density at radius 3 is 2.64 bits per heavy atom. The third kappa shape index (κ3) is 4.73. The number of amides is 1. The molecule has 0 saturated heterocycles. The number of hydrogen-bond donors (Lipinski definition) is 0. The van der Waals surface area contributed by atoms with Gasteiger partial charge in [0.25, 0.3) is 12.3 Å². The largest absolute Gasteiger partial charge is 0.329 e. The van der Waals surface area contributed by atoms with Gasteiger partial charge in [0.15, 0.2) is 0 Å². The van der Waals surface area contributed by atoms with Gasteiger partial charge >= 0.3 is 0 Å². The maximum absolute atomic E-state index is 11.6. The van der Waals surface area contributed by atoms with Gasteiger partial charge in [-0.3, -0.25) is 4.79 Å². The normalized spacial score (nSPS) is 8.82. The average Bonchev–Trinajstić information content (AvgIpc) is 1.86. The van der Waals surface area contributed by atoms with Crippen LogP contribution in [0.5, 0.6) is 0 Å². The van der Waals surface area contributed by atoms with E-state index in [1.165, 1.54) is 7.05 Å². The van der Waals surface area contributed by atoms with Crippen LogP contribution >= 0.6 is 15.9 Å².